The molecule has 2 heterocycles. The van der Waals surface area contributed by atoms with Crippen molar-refractivity contribution in [3.05, 3.63) is 77.7 Å². The van der Waals surface area contributed by atoms with Gasteiger partial charge in [-0.3, -0.25) is 4.79 Å². The Morgan fingerprint density at radius 2 is 2.06 bits per heavy atom. The predicted molar refractivity (Wildman–Crippen MR) is 128 cm³/mol. The number of carbonyl (C=O) groups is 1. The molecule has 33 heavy (non-hydrogen) atoms. The number of nitrogens with zero attached hydrogens (tertiary/aromatic N) is 3. The highest BCUT2D eigenvalue weighted by molar-refractivity contribution is 6.32. The summed E-state index contributed by atoms with van der Waals surface area (Å²) >= 11 is 6.27. The number of aromatic nitrogens is 2. The molecule has 0 spiro atoms. The average Bonchev–Trinajstić information content (AvgIpc) is 2.84. The van der Waals surface area contributed by atoms with Crippen molar-refractivity contribution in [3.8, 4) is 11.4 Å². The van der Waals surface area contributed by atoms with Gasteiger partial charge >= 0.3 is 0 Å². The van der Waals surface area contributed by atoms with Gasteiger partial charge in [0.2, 0.25) is 5.91 Å². The zero-order valence-corrected chi connectivity index (χ0v) is 18.6. The fraction of sp³-hybridized carbons (Fsp3) is 0.208. The molecule has 7 nitrogen and oxygen atoms in total. The highest BCUT2D eigenvalue weighted by Crippen LogP contribution is 2.28. The van der Waals surface area contributed by atoms with E-state index in [1.165, 1.54) is 18.3 Å². The van der Waals surface area contributed by atoms with Gasteiger partial charge in [0, 0.05) is 31.0 Å². The molecule has 1 aliphatic rings. The fourth-order valence-electron chi connectivity index (χ4n) is 3.46. The van der Waals surface area contributed by atoms with Crippen molar-refractivity contribution < 1.29 is 13.9 Å². The van der Waals surface area contributed by atoms with Gasteiger partial charge in [-0.2, -0.15) is 0 Å². The zero-order chi connectivity index (χ0) is 23.2. The minimum Gasteiger partial charge on any atom is -0.378 e. The predicted octanol–water partition coefficient (Wildman–Crippen LogP) is 4.51. The largest absolute Gasteiger partial charge is 0.378 e. The fourth-order valence-corrected chi connectivity index (χ4v) is 3.62. The van der Waals surface area contributed by atoms with Gasteiger partial charge in [0.1, 0.15) is 16.7 Å². The summed E-state index contributed by atoms with van der Waals surface area (Å²) in [5, 5.41) is 6.19. The summed E-state index contributed by atoms with van der Waals surface area (Å²) in [6.45, 7) is 6.55. The number of ether oxygens (including phenoxy) is 1. The second-order valence-electron chi connectivity index (χ2n) is 7.40. The second-order valence-corrected chi connectivity index (χ2v) is 7.81. The van der Waals surface area contributed by atoms with E-state index >= 15 is 0 Å². The van der Waals surface area contributed by atoms with E-state index in [0.29, 0.717) is 41.8 Å². The first-order valence-electron chi connectivity index (χ1n) is 10.4. The standard InChI is InChI=1S/C24H23ClFN5O2/c1-2-22(32)29-17-5-3-4-16(12-17)14-27-24-20(25)15-28-23(30-24)19-7-6-18(13-21(19)26)31-8-10-33-11-9-31/h2-7,12-13,15H,1,8-11,14H2,(H,29,32)(H,27,28,30). The smallest absolute Gasteiger partial charge is 0.247 e. The summed E-state index contributed by atoms with van der Waals surface area (Å²) in [6.07, 6.45) is 2.65. The van der Waals surface area contributed by atoms with E-state index < -0.39 is 5.82 Å². The van der Waals surface area contributed by atoms with Crippen LogP contribution < -0.4 is 15.5 Å². The molecule has 2 aromatic carbocycles. The maximum atomic E-state index is 14.9. The maximum absolute atomic E-state index is 14.9. The van der Waals surface area contributed by atoms with E-state index in [1.54, 1.807) is 12.1 Å². The highest BCUT2D eigenvalue weighted by atomic mass is 35.5. The molecule has 0 aliphatic carbocycles. The SMILES string of the molecule is C=CC(=O)Nc1cccc(CNc2nc(-c3ccc(N4CCOCC4)cc3F)ncc2Cl)c1. The molecule has 0 unspecified atom stereocenters. The van der Waals surface area contributed by atoms with E-state index in [1.807, 2.05) is 24.3 Å². The van der Waals surface area contributed by atoms with Gasteiger partial charge in [0.05, 0.1) is 25.0 Å². The van der Waals surface area contributed by atoms with Crippen molar-refractivity contribution in [3.63, 3.8) is 0 Å². The Morgan fingerprint density at radius 3 is 2.82 bits per heavy atom. The molecule has 9 heteroatoms. The van der Waals surface area contributed by atoms with Crippen LogP contribution in [-0.4, -0.2) is 42.2 Å². The third-order valence-corrected chi connectivity index (χ3v) is 5.43. The van der Waals surface area contributed by atoms with Crippen LogP contribution in [0.5, 0.6) is 0 Å². The van der Waals surface area contributed by atoms with Crippen LogP contribution in [0.2, 0.25) is 5.02 Å². The first-order valence-corrected chi connectivity index (χ1v) is 10.8. The molecule has 1 aliphatic heterocycles. The Bertz CT molecular complexity index is 1170. The van der Waals surface area contributed by atoms with Crippen LogP contribution in [0, 0.1) is 5.82 Å². The molecule has 0 bridgehead atoms. The molecule has 2 N–H and O–H groups in total. The summed E-state index contributed by atoms with van der Waals surface area (Å²) in [4.78, 5) is 22.2. The normalized spacial score (nSPS) is 13.5. The van der Waals surface area contributed by atoms with E-state index in [0.717, 1.165) is 24.3 Å². The second kappa shape index (κ2) is 10.4. The Labute approximate surface area is 196 Å². The number of rotatable bonds is 7. The topological polar surface area (TPSA) is 79.4 Å². The van der Waals surface area contributed by atoms with Gasteiger partial charge in [-0.05, 0) is 42.0 Å². The van der Waals surface area contributed by atoms with Crippen molar-refractivity contribution in [1.82, 2.24) is 9.97 Å². The van der Waals surface area contributed by atoms with Gasteiger partial charge in [-0.1, -0.05) is 30.3 Å². The molecule has 1 fully saturated rings. The van der Waals surface area contributed by atoms with Crippen LogP contribution in [-0.2, 0) is 16.1 Å². The molecule has 1 amide bonds. The maximum Gasteiger partial charge on any atom is 0.247 e. The summed E-state index contributed by atoms with van der Waals surface area (Å²) in [6, 6.07) is 12.4. The van der Waals surface area contributed by atoms with Crippen LogP contribution in [0.25, 0.3) is 11.4 Å². The van der Waals surface area contributed by atoms with Crippen molar-refractivity contribution in [2.45, 2.75) is 6.54 Å². The third-order valence-electron chi connectivity index (χ3n) is 5.15. The Kier molecular flexibility index (Phi) is 7.16. The molecule has 0 saturated carbocycles. The van der Waals surface area contributed by atoms with Crippen LogP contribution in [0.4, 0.5) is 21.6 Å². The number of halogens is 2. The molecule has 0 radical (unpaired) electrons. The molecule has 1 saturated heterocycles. The van der Waals surface area contributed by atoms with Crippen molar-refractivity contribution in [1.29, 1.82) is 0 Å². The summed E-state index contributed by atoms with van der Waals surface area (Å²) in [5.74, 6) is -0.0676. The molecular weight excluding hydrogens is 445 g/mol. The van der Waals surface area contributed by atoms with E-state index in [2.05, 4.69) is 32.1 Å². The quantitative estimate of drug-likeness (QED) is 0.498. The van der Waals surface area contributed by atoms with E-state index in [-0.39, 0.29) is 11.7 Å². The monoisotopic (exact) mass is 467 g/mol. The third kappa shape index (κ3) is 5.66. The summed E-state index contributed by atoms with van der Waals surface area (Å²) in [7, 11) is 0. The van der Waals surface area contributed by atoms with Gasteiger partial charge in [0.25, 0.3) is 0 Å². The summed E-state index contributed by atoms with van der Waals surface area (Å²) in [5.41, 5.74) is 2.64. The van der Waals surface area contributed by atoms with Crippen LogP contribution >= 0.6 is 11.6 Å². The number of hydrogen-bond acceptors (Lipinski definition) is 6. The number of benzene rings is 2. The number of hydrogen-bond donors (Lipinski definition) is 2. The lowest BCUT2D eigenvalue weighted by molar-refractivity contribution is -0.111. The lowest BCUT2D eigenvalue weighted by atomic mass is 10.1. The van der Waals surface area contributed by atoms with Gasteiger partial charge < -0.3 is 20.3 Å². The van der Waals surface area contributed by atoms with Gasteiger partial charge in [-0.25, -0.2) is 14.4 Å². The highest BCUT2D eigenvalue weighted by Gasteiger charge is 2.16. The molecular formula is C24H23ClFN5O2. The lowest BCUT2D eigenvalue weighted by Crippen LogP contribution is -2.36. The Balaban J connectivity index is 1.50. The first kappa shape index (κ1) is 22.7. The van der Waals surface area contributed by atoms with E-state index in [4.69, 9.17) is 16.3 Å². The van der Waals surface area contributed by atoms with Gasteiger partial charge in [0.15, 0.2) is 5.82 Å². The number of anilines is 3. The first-order chi connectivity index (χ1) is 16.0. The molecule has 3 aromatic rings. The minimum absolute atomic E-state index is 0.236. The van der Waals surface area contributed by atoms with Crippen LogP contribution in [0.15, 0.2) is 61.3 Å². The number of carbonyl (C=O) groups excluding carboxylic acids is 1. The zero-order valence-electron chi connectivity index (χ0n) is 17.9. The minimum atomic E-state index is -0.405. The Hall–Kier alpha value is -3.49. The lowest BCUT2D eigenvalue weighted by Gasteiger charge is -2.29. The molecule has 0 atom stereocenters. The number of morpholine rings is 1. The molecule has 1 aromatic heterocycles. The molecule has 170 valence electrons. The van der Waals surface area contributed by atoms with Crippen LogP contribution in [0.1, 0.15) is 5.56 Å². The van der Waals surface area contributed by atoms with Crippen molar-refractivity contribution >= 4 is 34.7 Å². The Morgan fingerprint density at radius 1 is 1.24 bits per heavy atom. The van der Waals surface area contributed by atoms with E-state index in [9.17, 15) is 9.18 Å². The summed E-state index contributed by atoms with van der Waals surface area (Å²) < 4.78 is 20.3. The average molecular weight is 468 g/mol. The molecule has 4 rings (SSSR count). The van der Waals surface area contributed by atoms with Crippen molar-refractivity contribution in [2.24, 2.45) is 0 Å². The van der Waals surface area contributed by atoms with Crippen LogP contribution in [0.3, 0.4) is 0 Å². The number of amides is 1. The number of nitrogens with one attached hydrogen (secondary N) is 2. The van der Waals surface area contributed by atoms with Crippen molar-refractivity contribution in [2.75, 3.05) is 41.8 Å². The van der Waals surface area contributed by atoms with Gasteiger partial charge in [-0.15, -0.1) is 0 Å².